The number of carbonyl (C=O) groups excluding carboxylic acids is 1. The van der Waals surface area contributed by atoms with E-state index in [2.05, 4.69) is 26.7 Å². The maximum atomic E-state index is 11.8. The number of aromatic nitrogens is 2. The summed E-state index contributed by atoms with van der Waals surface area (Å²) in [7, 11) is 1.68. The van der Waals surface area contributed by atoms with Gasteiger partial charge in [0.05, 0.1) is 13.7 Å². The van der Waals surface area contributed by atoms with E-state index in [1.54, 1.807) is 18.2 Å². The number of amides is 1. The lowest BCUT2D eigenvalue weighted by molar-refractivity contribution is 0.0983. The van der Waals surface area contributed by atoms with Crippen LogP contribution in [0, 0.1) is 0 Å². The van der Waals surface area contributed by atoms with Gasteiger partial charge in [-0.3, -0.25) is 0 Å². The molecule has 2 aromatic rings. The first kappa shape index (κ1) is 20.7. The van der Waals surface area contributed by atoms with E-state index in [0.717, 1.165) is 36.4 Å². The predicted octanol–water partition coefficient (Wildman–Crippen LogP) is 3.17. The fourth-order valence-electron chi connectivity index (χ4n) is 3.37. The minimum absolute atomic E-state index is 0.227. The second kappa shape index (κ2) is 10.5. The molecule has 0 spiro atoms. The number of rotatable bonds is 8. The molecule has 0 aliphatic carbocycles. The molecule has 1 aliphatic rings. The number of hydrogen-bond donors (Lipinski definition) is 2. The van der Waals surface area contributed by atoms with Gasteiger partial charge >= 0.3 is 6.09 Å². The standard InChI is InChI=1S/C21H29N5O3/c1-3-29-21(27)26-14-10-17(11-15-26)24-19-9-13-23-20(25-19)22-12-8-16-6-4-5-7-18(16)28-2/h4-7,9,13,17H,3,8,10-12,14-15H2,1-2H3,(H2,22,23,24,25). The molecule has 3 rings (SSSR count). The highest BCUT2D eigenvalue weighted by Gasteiger charge is 2.23. The summed E-state index contributed by atoms with van der Waals surface area (Å²) < 4.78 is 10.5. The fourth-order valence-corrected chi connectivity index (χ4v) is 3.37. The molecule has 1 fully saturated rings. The summed E-state index contributed by atoms with van der Waals surface area (Å²) in [5.74, 6) is 2.27. The molecule has 1 aromatic carbocycles. The highest BCUT2D eigenvalue weighted by atomic mass is 16.6. The summed E-state index contributed by atoms with van der Waals surface area (Å²) in [6, 6.07) is 10.1. The van der Waals surface area contributed by atoms with Gasteiger partial charge in [-0.25, -0.2) is 9.78 Å². The van der Waals surface area contributed by atoms with Crippen molar-refractivity contribution in [3.05, 3.63) is 42.1 Å². The molecule has 0 saturated carbocycles. The quantitative estimate of drug-likeness (QED) is 0.705. The number of nitrogens with one attached hydrogen (secondary N) is 2. The number of carbonyl (C=O) groups is 1. The number of benzene rings is 1. The molecule has 0 bridgehead atoms. The Morgan fingerprint density at radius 2 is 2.03 bits per heavy atom. The van der Waals surface area contributed by atoms with Gasteiger partial charge in [-0.1, -0.05) is 18.2 Å². The van der Waals surface area contributed by atoms with E-state index in [1.807, 2.05) is 31.2 Å². The van der Waals surface area contributed by atoms with Crippen LogP contribution in [0.4, 0.5) is 16.6 Å². The number of piperidine rings is 1. The molecule has 1 aliphatic heterocycles. The molecule has 8 nitrogen and oxygen atoms in total. The zero-order chi connectivity index (χ0) is 20.5. The normalized spacial score (nSPS) is 14.3. The average Bonchev–Trinajstić information content (AvgIpc) is 2.75. The third-order valence-corrected chi connectivity index (χ3v) is 4.90. The molecule has 8 heteroatoms. The van der Waals surface area contributed by atoms with Crippen molar-refractivity contribution in [1.29, 1.82) is 0 Å². The molecule has 0 radical (unpaired) electrons. The Labute approximate surface area is 171 Å². The number of hydrogen-bond acceptors (Lipinski definition) is 7. The van der Waals surface area contributed by atoms with Crippen LogP contribution >= 0.6 is 0 Å². The number of ether oxygens (including phenoxy) is 2. The SMILES string of the molecule is CCOC(=O)N1CCC(Nc2ccnc(NCCc3ccccc3OC)n2)CC1. The highest BCUT2D eigenvalue weighted by molar-refractivity contribution is 5.67. The van der Waals surface area contributed by atoms with Crippen molar-refractivity contribution < 1.29 is 14.3 Å². The molecule has 156 valence electrons. The lowest BCUT2D eigenvalue weighted by Crippen LogP contribution is -2.42. The average molecular weight is 399 g/mol. The van der Waals surface area contributed by atoms with Gasteiger partial charge in [0, 0.05) is 31.9 Å². The predicted molar refractivity (Wildman–Crippen MR) is 112 cm³/mol. The lowest BCUT2D eigenvalue weighted by Gasteiger charge is -2.31. The van der Waals surface area contributed by atoms with Gasteiger partial charge in [-0.15, -0.1) is 0 Å². The lowest BCUT2D eigenvalue weighted by atomic mass is 10.1. The Morgan fingerprint density at radius 1 is 1.24 bits per heavy atom. The van der Waals surface area contributed by atoms with Crippen molar-refractivity contribution >= 4 is 17.9 Å². The molecule has 29 heavy (non-hydrogen) atoms. The first-order valence-electron chi connectivity index (χ1n) is 10.1. The van der Waals surface area contributed by atoms with Crippen LogP contribution in [0.5, 0.6) is 5.75 Å². The van der Waals surface area contributed by atoms with Crippen LogP contribution in [0.1, 0.15) is 25.3 Å². The Kier molecular flexibility index (Phi) is 7.49. The van der Waals surface area contributed by atoms with Crippen LogP contribution in [0.25, 0.3) is 0 Å². The third kappa shape index (κ3) is 5.97. The number of likely N-dealkylation sites (tertiary alicyclic amines) is 1. The van der Waals surface area contributed by atoms with E-state index in [1.165, 1.54) is 0 Å². The van der Waals surface area contributed by atoms with E-state index < -0.39 is 0 Å². The molecule has 2 N–H and O–H groups in total. The Morgan fingerprint density at radius 3 is 2.79 bits per heavy atom. The molecular weight excluding hydrogens is 370 g/mol. The summed E-state index contributed by atoms with van der Waals surface area (Å²) in [5.41, 5.74) is 1.14. The maximum absolute atomic E-state index is 11.8. The minimum atomic E-state index is -0.227. The van der Waals surface area contributed by atoms with Gasteiger partial charge in [0.15, 0.2) is 0 Å². The van der Waals surface area contributed by atoms with Crippen LogP contribution in [0.2, 0.25) is 0 Å². The molecule has 1 saturated heterocycles. The van der Waals surface area contributed by atoms with Crippen molar-refractivity contribution in [3.63, 3.8) is 0 Å². The molecule has 1 aromatic heterocycles. The second-order valence-corrected chi connectivity index (χ2v) is 6.86. The first-order chi connectivity index (χ1) is 14.2. The summed E-state index contributed by atoms with van der Waals surface area (Å²) in [5, 5.41) is 6.72. The van der Waals surface area contributed by atoms with Gasteiger partial charge in [-0.05, 0) is 43.9 Å². The van der Waals surface area contributed by atoms with Gasteiger partial charge in [0.2, 0.25) is 5.95 Å². The van der Waals surface area contributed by atoms with Crippen molar-refractivity contribution in [2.24, 2.45) is 0 Å². The maximum Gasteiger partial charge on any atom is 0.409 e. The topological polar surface area (TPSA) is 88.6 Å². The first-order valence-corrected chi connectivity index (χ1v) is 10.1. The molecule has 0 unspecified atom stereocenters. The fraction of sp³-hybridized carbons (Fsp3) is 0.476. The number of methoxy groups -OCH3 is 1. The van der Waals surface area contributed by atoms with Gasteiger partial charge in [0.1, 0.15) is 11.6 Å². The summed E-state index contributed by atoms with van der Waals surface area (Å²) >= 11 is 0. The van der Waals surface area contributed by atoms with Crippen LogP contribution in [0.15, 0.2) is 36.5 Å². The summed E-state index contributed by atoms with van der Waals surface area (Å²) in [6.45, 7) is 4.31. The van der Waals surface area contributed by atoms with Crippen LogP contribution in [0.3, 0.4) is 0 Å². The van der Waals surface area contributed by atoms with E-state index in [9.17, 15) is 4.79 Å². The van der Waals surface area contributed by atoms with Crippen LogP contribution in [-0.4, -0.2) is 60.4 Å². The van der Waals surface area contributed by atoms with Crippen molar-refractivity contribution in [2.75, 3.05) is 44.0 Å². The minimum Gasteiger partial charge on any atom is -0.496 e. The van der Waals surface area contributed by atoms with Gasteiger partial charge < -0.3 is 25.0 Å². The molecule has 2 heterocycles. The highest BCUT2D eigenvalue weighted by Crippen LogP contribution is 2.19. The number of anilines is 2. The molecule has 1 amide bonds. The van der Waals surface area contributed by atoms with Crippen molar-refractivity contribution in [2.45, 2.75) is 32.2 Å². The Balaban J connectivity index is 1.47. The molecular formula is C21H29N5O3. The zero-order valence-corrected chi connectivity index (χ0v) is 17.1. The third-order valence-electron chi connectivity index (χ3n) is 4.90. The molecule has 0 atom stereocenters. The Hall–Kier alpha value is -3.03. The van der Waals surface area contributed by atoms with Crippen molar-refractivity contribution in [3.8, 4) is 5.75 Å². The largest absolute Gasteiger partial charge is 0.496 e. The van der Waals surface area contributed by atoms with Crippen molar-refractivity contribution in [1.82, 2.24) is 14.9 Å². The number of para-hydroxylation sites is 1. The van der Waals surface area contributed by atoms with E-state index in [4.69, 9.17) is 9.47 Å². The Bertz CT molecular complexity index is 793. The summed E-state index contributed by atoms with van der Waals surface area (Å²) in [4.78, 5) is 22.4. The van der Waals surface area contributed by atoms with E-state index >= 15 is 0 Å². The van der Waals surface area contributed by atoms with E-state index in [-0.39, 0.29) is 12.1 Å². The smallest absolute Gasteiger partial charge is 0.409 e. The van der Waals surface area contributed by atoms with Crippen LogP contribution in [-0.2, 0) is 11.2 Å². The van der Waals surface area contributed by atoms with Gasteiger partial charge in [0.25, 0.3) is 0 Å². The number of nitrogens with zero attached hydrogens (tertiary/aromatic N) is 3. The summed E-state index contributed by atoms with van der Waals surface area (Å²) in [6.07, 6.45) is 4.06. The monoisotopic (exact) mass is 399 g/mol. The zero-order valence-electron chi connectivity index (χ0n) is 17.1. The van der Waals surface area contributed by atoms with Gasteiger partial charge in [-0.2, -0.15) is 4.98 Å². The second-order valence-electron chi connectivity index (χ2n) is 6.86. The van der Waals surface area contributed by atoms with E-state index in [0.29, 0.717) is 32.2 Å². The van der Waals surface area contributed by atoms with Crippen LogP contribution < -0.4 is 15.4 Å².